The minimum absolute atomic E-state index is 0.0818. The third kappa shape index (κ3) is 2.86. The van der Waals surface area contributed by atoms with E-state index in [-0.39, 0.29) is 5.91 Å². The molecule has 5 nitrogen and oxygen atoms in total. The molecular weight excluding hydrogens is 244 g/mol. The Balaban J connectivity index is 2.22. The van der Waals surface area contributed by atoms with Crippen molar-refractivity contribution < 1.29 is 14.3 Å². The lowest BCUT2D eigenvalue weighted by molar-refractivity contribution is 0.0636. The van der Waals surface area contributed by atoms with E-state index in [9.17, 15) is 9.59 Å². The molecule has 0 atom stereocenters. The van der Waals surface area contributed by atoms with Gasteiger partial charge in [0.15, 0.2) is 0 Å². The van der Waals surface area contributed by atoms with Crippen LogP contribution < -0.4 is 5.32 Å². The summed E-state index contributed by atoms with van der Waals surface area (Å²) in [5.41, 5.74) is 1.40. The van der Waals surface area contributed by atoms with E-state index in [1.165, 1.54) is 0 Å². The summed E-state index contributed by atoms with van der Waals surface area (Å²) in [6, 6.07) is 5.41. The van der Waals surface area contributed by atoms with Crippen LogP contribution in [0.3, 0.4) is 0 Å². The Morgan fingerprint density at radius 1 is 1.37 bits per heavy atom. The van der Waals surface area contributed by atoms with Crippen LogP contribution in [0.2, 0.25) is 0 Å². The van der Waals surface area contributed by atoms with Gasteiger partial charge >= 0.3 is 6.09 Å². The molecule has 1 N–H and O–H groups in total. The molecule has 5 heteroatoms. The Morgan fingerprint density at radius 3 is 2.68 bits per heavy atom. The number of anilines is 1. The van der Waals surface area contributed by atoms with E-state index in [0.717, 1.165) is 5.56 Å². The van der Waals surface area contributed by atoms with Crippen molar-refractivity contribution >= 4 is 17.7 Å². The lowest BCUT2D eigenvalue weighted by Gasteiger charge is -2.20. The van der Waals surface area contributed by atoms with Gasteiger partial charge in [-0.05, 0) is 32.4 Å². The predicted molar refractivity (Wildman–Crippen MR) is 72.1 cm³/mol. The second-order valence-electron chi connectivity index (χ2n) is 5.63. The largest absolute Gasteiger partial charge is 0.444 e. The average Bonchev–Trinajstić information content (AvgIpc) is 2.53. The maximum absolute atomic E-state index is 12.0. The van der Waals surface area contributed by atoms with E-state index in [1.54, 1.807) is 38.8 Å². The SMILES string of the molecule is CN1Cc2cccc(NC(=O)OC(C)(C)C)c2C1=O. The van der Waals surface area contributed by atoms with Crippen LogP contribution in [0.5, 0.6) is 0 Å². The molecule has 0 radical (unpaired) electrons. The first-order chi connectivity index (χ1) is 8.78. The topological polar surface area (TPSA) is 58.6 Å². The summed E-state index contributed by atoms with van der Waals surface area (Å²) in [6.07, 6.45) is -0.553. The molecule has 0 aliphatic carbocycles. The summed E-state index contributed by atoms with van der Waals surface area (Å²) in [4.78, 5) is 25.4. The molecule has 0 spiro atoms. The number of rotatable bonds is 1. The van der Waals surface area contributed by atoms with Crippen LogP contribution in [-0.2, 0) is 11.3 Å². The lowest BCUT2D eigenvalue weighted by Crippen LogP contribution is -2.28. The smallest absolute Gasteiger partial charge is 0.412 e. The van der Waals surface area contributed by atoms with Crippen LogP contribution in [0.25, 0.3) is 0 Å². The Morgan fingerprint density at radius 2 is 2.05 bits per heavy atom. The molecule has 0 unspecified atom stereocenters. The second-order valence-corrected chi connectivity index (χ2v) is 5.63. The molecule has 0 saturated heterocycles. The summed E-state index contributed by atoms with van der Waals surface area (Å²) >= 11 is 0. The third-order valence-electron chi connectivity index (χ3n) is 2.75. The minimum Gasteiger partial charge on any atom is -0.444 e. The van der Waals surface area contributed by atoms with Crippen molar-refractivity contribution in [2.45, 2.75) is 32.9 Å². The van der Waals surface area contributed by atoms with Crippen LogP contribution in [0.1, 0.15) is 36.7 Å². The first-order valence-electron chi connectivity index (χ1n) is 6.15. The van der Waals surface area contributed by atoms with E-state index < -0.39 is 11.7 Å². The standard InChI is InChI=1S/C14H18N2O3/c1-14(2,3)19-13(18)15-10-7-5-6-9-8-16(4)12(17)11(9)10/h5-7H,8H2,1-4H3,(H,15,18). The predicted octanol–water partition coefficient (Wildman–Crippen LogP) is 2.62. The first-order valence-corrected chi connectivity index (χ1v) is 6.15. The molecule has 1 aromatic carbocycles. The Bertz CT molecular complexity index is 532. The highest BCUT2D eigenvalue weighted by atomic mass is 16.6. The number of hydrogen-bond acceptors (Lipinski definition) is 3. The van der Waals surface area contributed by atoms with Crippen molar-refractivity contribution in [3.8, 4) is 0 Å². The molecule has 1 aromatic rings. The Labute approximate surface area is 112 Å². The summed E-state index contributed by atoms with van der Waals surface area (Å²) in [7, 11) is 1.74. The maximum Gasteiger partial charge on any atom is 0.412 e. The molecule has 0 bridgehead atoms. The van der Waals surface area contributed by atoms with E-state index in [0.29, 0.717) is 17.8 Å². The van der Waals surface area contributed by atoms with E-state index in [2.05, 4.69) is 5.32 Å². The molecule has 1 aliphatic rings. The Kier molecular flexibility index (Phi) is 3.22. The third-order valence-corrected chi connectivity index (χ3v) is 2.75. The van der Waals surface area contributed by atoms with Crippen molar-refractivity contribution in [3.63, 3.8) is 0 Å². The number of amides is 2. The molecule has 0 aromatic heterocycles. The number of nitrogens with zero attached hydrogens (tertiary/aromatic N) is 1. The fraction of sp³-hybridized carbons (Fsp3) is 0.429. The first kappa shape index (κ1) is 13.4. The minimum atomic E-state index is -0.567. The molecule has 0 saturated carbocycles. The van der Waals surface area contributed by atoms with Crippen molar-refractivity contribution in [2.24, 2.45) is 0 Å². The van der Waals surface area contributed by atoms with E-state index in [1.807, 2.05) is 12.1 Å². The van der Waals surface area contributed by atoms with Gasteiger partial charge in [-0.2, -0.15) is 0 Å². The van der Waals surface area contributed by atoms with Crippen LogP contribution >= 0.6 is 0 Å². The molecule has 0 fully saturated rings. The molecule has 102 valence electrons. The molecule has 1 aliphatic heterocycles. The number of hydrogen-bond donors (Lipinski definition) is 1. The van der Waals surface area contributed by atoms with Gasteiger partial charge in [0.2, 0.25) is 0 Å². The quantitative estimate of drug-likeness (QED) is 0.846. The summed E-state index contributed by atoms with van der Waals surface area (Å²) < 4.78 is 5.19. The zero-order valence-electron chi connectivity index (χ0n) is 11.6. The molecule has 2 amide bonds. The average molecular weight is 262 g/mol. The number of fused-ring (bicyclic) bond motifs is 1. The van der Waals surface area contributed by atoms with Crippen LogP contribution in [0.4, 0.5) is 10.5 Å². The van der Waals surface area contributed by atoms with Gasteiger partial charge in [-0.25, -0.2) is 4.79 Å². The lowest BCUT2D eigenvalue weighted by atomic mass is 10.1. The number of carbonyl (C=O) groups is 2. The van der Waals surface area contributed by atoms with Gasteiger partial charge in [0.05, 0.1) is 11.3 Å². The Hall–Kier alpha value is -2.04. The summed E-state index contributed by atoms with van der Waals surface area (Å²) in [6.45, 7) is 5.95. The van der Waals surface area contributed by atoms with Gasteiger partial charge in [-0.1, -0.05) is 12.1 Å². The fourth-order valence-corrected chi connectivity index (χ4v) is 2.02. The highest BCUT2D eigenvalue weighted by Crippen LogP contribution is 2.28. The second kappa shape index (κ2) is 4.57. The van der Waals surface area contributed by atoms with Gasteiger partial charge in [0.25, 0.3) is 5.91 Å². The summed E-state index contributed by atoms with van der Waals surface area (Å²) in [5.74, 6) is -0.0818. The van der Waals surface area contributed by atoms with Gasteiger partial charge < -0.3 is 9.64 Å². The van der Waals surface area contributed by atoms with Gasteiger partial charge in [0, 0.05) is 13.6 Å². The van der Waals surface area contributed by atoms with Gasteiger partial charge in [-0.3, -0.25) is 10.1 Å². The summed E-state index contributed by atoms with van der Waals surface area (Å²) in [5, 5.41) is 2.64. The zero-order valence-corrected chi connectivity index (χ0v) is 11.6. The van der Waals surface area contributed by atoms with Gasteiger partial charge in [0.1, 0.15) is 5.60 Å². The van der Waals surface area contributed by atoms with Crippen molar-refractivity contribution in [1.29, 1.82) is 0 Å². The highest BCUT2D eigenvalue weighted by Gasteiger charge is 2.28. The normalized spacial score (nSPS) is 14.3. The number of carbonyl (C=O) groups excluding carboxylic acids is 2. The maximum atomic E-state index is 12.0. The monoisotopic (exact) mass is 262 g/mol. The number of nitrogens with one attached hydrogen (secondary N) is 1. The van der Waals surface area contributed by atoms with E-state index in [4.69, 9.17) is 4.74 Å². The fourth-order valence-electron chi connectivity index (χ4n) is 2.02. The van der Waals surface area contributed by atoms with Gasteiger partial charge in [-0.15, -0.1) is 0 Å². The zero-order chi connectivity index (χ0) is 14.2. The molecular formula is C14H18N2O3. The van der Waals surface area contributed by atoms with Crippen LogP contribution in [-0.4, -0.2) is 29.5 Å². The number of ether oxygens (including phenoxy) is 1. The van der Waals surface area contributed by atoms with Crippen molar-refractivity contribution in [3.05, 3.63) is 29.3 Å². The molecule has 2 rings (SSSR count). The van der Waals surface area contributed by atoms with Crippen LogP contribution in [0.15, 0.2) is 18.2 Å². The van der Waals surface area contributed by atoms with Crippen molar-refractivity contribution in [1.82, 2.24) is 4.90 Å². The molecule has 19 heavy (non-hydrogen) atoms. The van der Waals surface area contributed by atoms with Crippen molar-refractivity contribution in [2.75, 3.05) is 12.4 Å². The number of benzene rings is 1. The van der Waals surface area contributed by atoms with Crippen LogP contribution in [0, 0.1) is 0 Å². The van der Waals surface area contributed by atoms with E-state index >= 15 is 0 Å². The molecule has 1 heterocycles. The highest BCUT2D eigenvalue weighted by molar-refractivity contribution is 6.05.